The number of aliphatic hydroxyl groups excluding tert-OH is 3. The summed E-state index contributed by atoms with van der Waals surface area (Å²) in [6.07, 6.45) is 1.58. The Morgan fingerprint density at radius 3 is 2.25 bits per heavy atom. The third-order valence-electron chi connectivity index (χ3n) is 8.14. The van der Waals surface area contributed by atoms with Crippen LogP contribution in [0.3, 0.4) is 0 Å². The van der Waals surface area contributed by atoms with Crippen LogP contribution in [0.4, 0.5) is 0 Å². The van der Waals surface area contributed by atoms with Gasteiger partial charge in [-0.25, -0.2) is 0 Å². The van der Waals surface area contributed by atoms with Crippen LogP contribution in [0, 0.1) is 34.5 Å². The van der Waals surface area contributed by atoms with Crippen LogP contribution in [0.25, 0.3) is 0 Å². The second-order valence-corrected chi connectivity index (χ2v) is 9.48. The van der Waals surface area contributed by atoms with E-state index < -0.39 is 29.3 Å². The highest BCUT2D eigenvalue weighted by atomic mass is 16.4. The van der Waals surface area contributed by atoms with Gasteiger partial charge in [0.1, 0.15) is 17.8 Å². The zero-order valence-corrected chi connectivity index (χ0v) is 15.2. The van der Waals surface area contributed by atoms with Crippen LogP contribution >= 0.6 is 0 Å². The third kappa shape index (κ3) is 1.55. The van der Waals surface area contributed by atoms with Gasteiger partial charge in [0.25, 0.3) is 0 Å². The molecule has 0 saturated heterocycles. The fourth-order valence-corrected chi connectivity index (χ4v) is 6.72. The molecule has 9 unspecified atom stereocenters. The molecule has 4 aliphatic carbocycles. The predicted molar refractivity (Wildman–Crippen MR) is 90.9 cm³/mol. The van der Waals surface area contributed by atoms with Gasteiger partial charge in [-0.05, 0) is 54.6 Å². The van der Waals surface area contributed by atoms with Crippen LogP contribution in [0.1, 0.15) is 41.0 Å². The summed E-state index contributed by atoms with van der Waals surface area (Å²) in [5, 5.41) is 44.8. The summed E-state index contributed by atoms with van der Waals surface area (Å²) >= 11 is 0. The van der Waals surface area contributed by atoms with Crippen molar-refractivity contribution in [1.82, 2.24) is 0 Å². The molecule has 0 radical (unpaired) electrons. The Kier molecular flexibility index (Phi) is 3.17. The minimum absolute atomic E-state index is 0.0298. The molecule has 4 aliphatic rings. The molecule has 4 rings (SSSR count). The SMILES string of the molecule is CC1=CC2C3C(CC(C)C4(C=C(C)C(O)C4(O)C1O)C2O)C3(C)C. The second-order valence-electron chi connectivity index (χ2n) is 9.48. The van der Waals surface area contributed by atoms with E-state index in [1.807, 2.05) is 12.2 Å². The van der Waals surface area contributed by atoms with Gasteiger partial charge in [-0.3, -0.25) is 0 Å². The first-order valence-electron chi connectivity index (χ1n) is 9.15. The molecule has 0 aromatic heterocycles. The summed E-state index contributed by atoms with van der Waals surface area (Å²) in [7, 11) is 0. The van der Waals surface area contributed by atoms with Gasteiger partial charge in [-0.1, -0.05) is 32.9 Å². The summed E-state index contributed by atoms with van der Waals surface area (Å²) < 4.78 is 0. The van der Waals surface area contributed by atoms with Crippen LogP contribution in [0.15, 0.2) is 23.3 Å². The van der Waals surface area contributed by atoms with E-state index in [9.17, 15) is 20.4 Å². The van der Waals surface area contributed by atoms with Crippen molar-refractivity contribution in [2.75, 3.05) is 0 Å². The molecule has 0 aromatic carbocycles. The zero-order chi connectivity index (χ0) is 17.8. The topological polar surface area (TPSA) is 80.9 Å². The minimum atomic E-state index is -1.77. The molecule has 2 bridgehead atoms. The van der Waals surface area contributed by atoms with E-state index in [4.69, 9.17) is 0 Å². The molecule has 0 amide bonds. The Morgan fingerprint density at radius 1 is 1.04 bits per heavy atom. The maximum absolute atomic E-state index is 11.6. The van der Waals surface area contributed by atoms with Gasteiger partial charge in [-0.2, -0.15) is 0 Å². The van der Waals surface area contributed by atoms with Crippen LogP contribution in [0.2, 0.25) is 0 Å². The summed E-state index contributed by atoms with van der Waals surface area (Å²) in [5.41, 5.74) is -1.32. The standard InChI is InChI=1S/C20H30O4/c1-9-6-12-14-13(18(14,4)5)7-11(3)19(17(12)23)8-10(2)16(22)20(19,24)15(9)21/h6,8,11-17,21-24H,7H2,1-5H3. The van der Waals surface area contributed by atoms with E-state index in [2.05, 4.69) is 20.8 Å². The highest BCUT2D eigenvalue weighted by Gasteiger charge is 2.75. The molecule has 9 atom stereocenters. The number of fused-ring (bicyclic) bond motifs is 3. The fourth-order valence-electron chi connectivity index (χ4n) is 6.72. The Balaban J connectivity index is 1.97. The molecule has 0 heterocycles. The van der Waals surface area contributed by atoms with Crippen LogP contribution in [-0.2, 0) is 0 Å². The lowest BCUT2D eigenvalue weighted by Gasteiger charge is -2.51. The molecule has 4 heteroatoms. The van der Waals surface area contributed by atoms with Crippen molar-refractivity contribution in [1.29, 1.82) is 0 Å². The molecule has 2 saturated carbocycles. The summed E-state index contributed by atoms with van der Waals surface area (Å²) in [5.74, 6) is 0.720. The number of hydrogen-bond donors (Lipinski definition) is 4. The summed E-state index contributed by atoms with van der Waals surface area (Å²) in [6, 6.07) is 0. The third-order valence-corrected chi connectivity index (χ3v) is 8.14. The van der Waals surface area contributed by atoms with E-state index in [1.54, 1.807) is 13.8 Å². The first-order valence-corrected chi connectivity index (χ1v) is 9.15. The quantitative estimate of drug-likeness (QED) is 0.508. The lowest BCUT2D eigenvalue weighted by Crippen LogP contribution is -2.66. The van der Waals surface area contributed by atoms with Crippen molar-refractivity contribution in [2.24, 2.45) is 34.5 Å². The number of aliphatic hydroxyl groups is 4. The average molecular weight is 334 g/mol. The highest BCUT2D eigenvalue weighted by molar-refractivity contribution is 5.42. The number of rotatable bonds is 0. The fraction of sp³-hybridized carbons (Fsp3) is 0.800. The maximum atomic E-state index is 11.6. The predicted octanol–water partition coefficient (Wildman–Crippen LogP) is 1.63. The Morgan fingerprint density at radius 2 is 1.62 bits per heavy atom. The number of hydrogen-bond acceptors (Lipinski definition) is 4. The summed E-state index contributed by atoms with van der Waals surface area (Å²) in [6.45, 7) is 10.1. The average Bonchev–Trinajstić information content (AvgIpc) is 3.01. The van der Waals surface area contributed by atoms with Gasteiger partial charge < -0.3 is 20.4 Å². The molecular formula is C20H30O4. The molecule has 1 spiro atoms. The molecular weight excluding hydrogens is 304 g/mol. The molecule has 2 fully saturated rings. The first kappa shape index (κ1) is 16.8. The smallest absolute Gasteiger partial charge is 0.136 e. The van der Waals surface area contributed by atoms with Crippen molar-refractivity contribution in [3.05, 3.63) is 23.3 Å². The van der Waals surface area contributed by atoms with Crippen molar-refractivity contribution >= 4 is 0 Å². The van der Waals surface area contributed by atoms with Gasteiger partial charge in [0.2, 0.25) is 0 Å². The van der Waals surface area contributed by atoms with Gasteiger partial charge in [-0.15, -0.1) is 0 Å². The van der Waals surface area contributed by atoms with Crippen molar-refractivity contribution in [2.45, 2.75) is 65.0 Å². The van der Waals surface area contributed by atoms with Crippen LogP contribution in [0.5, 0.6) is 0 Å². The molecule has 0 aliphatic heterocycles. The van der Waals surface area contributed by atoms with Gasteiger partial charge >= 0.3 is 0 Å². The second kappa shape index (κ2) is 4.53. The van der Waals surface area contributed by atoms with E-state index in [-0.39, 0.29) is 17.3 Å². The first-order chi connectivity index (χ1) is 11.0. The summed E-state index contributed by atoms with van der Waals surface area (Å²) in [4.78, 5) is 0. The Hall–Kier alpha value is -0.680. The van der Waals surface area contributed by atoms with E-state index in [0.29, 0.717) is 23.0 Å². The molecule has 24 heavy (non-hydrogen) atoms. The lowest BCUT2D eigenvalue weighted by molar-refractivity contribution is -0.214. The largest absolute Gasteiger partial charge is 0.391 e. The molecule has 134 valence electrons. The van der Waals surface area contributed by atoms with Gasteiger partial charge in [0.15, 0.2) is 0 Å². The normalized spacial score (nSPS) is 58.0. The van der Waals surface area contributed by atoms with Gasteiger partial charge in [0, 0.05) is 5.92 Å². The van der Waals surface area contributed by atoms with Crippen molar-refractivity contribution in [3.8, 4) is 0 Å². The molecule has 4 N–H and O–H groups in total. The van der Waals surface area contributed by atoms with Crippen molar-refractivity contribution in [3.63, 3.8) is 0 Å². The van der Waals surface area contributed by atoms with E-state index in [0.717, 1.165) is 6.42 Å². The van der Waals surface area contributed by atoms with Crippen LogP contribution < -0.4 is 0 Å². The van der Waals surface area contributed by atoms with Crippen molar-refractivity contribution < 1.29 is 20.4 Å². The lowest BCUT2D eigenvalue weighted by atomic mass is 9.58. The highest BCUT2D eigenvalue weighted by Crippen LogP contribution is 2.72. The van der Waals surface area contributed by atoms with Gasteiger partial charge in [0.05, 0.1) is 11.5 Å². The molecule has 4 nitrogen and oxygen atoms in total. The van der Waals surface area contributed by atoms with Crippen LogP contribution in [-0.4, -0.2) is 44.3 Å². The monoisotopic (exact) mass is 334 g/mol. The Bertz CT molecular complexity index is 650. The maximum Gasteiger partial charge on any atom is 0.136 e. The van der Waals surface area contributed by atoms with E-state index >= 15 is 0 Å². The zero-order valence-electron chi connectivity index (χ0n) is 15.2. The minimum Gasteiger partial charge on any atom is -0.391 e. The Labute approximate surface area is 143 Å². The van der Waals surface area contributed by atoms with E-state index in [1.165, 1.54) is 0 Å². The molecule has 0 aromatic rings.